The fraction of sp³-hybridized carbons (Fsp3) is 0.909. The van der Waals surface area contributed by atoms with Gasteiger partial charge < -0.3 is 0 Å². The van der Waals surface area contributed by atoms with Crippen molar-refractivity contribution in [2.45, 2.75) is 46.5 Å². The van der Waals surface area contributed by atoms with E-state index < -0.39 is 0 Å². The van der Waals surface area contributed by atoms with E-state index in [1.165, 1.54) is 12.8 Å². The molecule has 70 valence electrons. The van der Waals surface area contributed by atoms with E-state index >= 15 is 0 Å². The maximum atomic E-state index is 11.8. The van der Waals surface area contributed by atoms with Crippen molar-refractivity contribution in [3.05, 3.63) is 0 Å². The second-order valence-electron chi connectivity index (χ2n) is 4.04. The van der Waals surface area contributed by atoms with Gasteiger partial charge in [0.2, 0.25) is 0 Å². The first-order chi connectivity index (χ1) is 5.70. The largest absolute Gasteiger partial charge is 0.299 e. The molecule has 0 bridgehead atoms. The summed E-state index contributed by atoms with van der Waals surface area (Å²) in [5.74, 6) is 1.93. The predicted molar refractivity (Wildman–Crippen MR) is 51.0 cm³/mol. The van der Waals surface area contributed by atoms with Gasteiger partial charge >= 0.3 is 0 Å². The summed E-state index contributed by atoms with van der Waals surface area (Å²) < 4.78 is 0. The summed E-state index contributed by atoms with van der Waals surface area (Å²) in [5, 5.41) is 0. The van der Waals surface area contributed by atoms with Crippen molar-refractivity contribution in [1.29, 1.82) is 0 Å². The van der Waals surface area contributed by atoms with Gasteiger partial charge in [0.1, 0.15) is 5.78 Å². The molecule has 0 aromatic rings. The van der Waals surface area contributed by atoms with Crippen LogP contribution in [0.25, 0.3) is 0 Å². The third-order valence-corrected chi connectivity index (χ3v) is 3.17. The minimum atomic E-state index is 0.334. The maximum Gasteiger partial charge on any atom is 0.139 e. The Labute approximate surface area is 75.5 Å². The van der Waals surface area contributed by atoms with Crippen LogP contribution >= 0.6 is 0 Å². The van der Waals surface area contributed by atoms with Crippen LogP contribution in [0.5, 0.6) is 0 Å². The van der Waals surface area contributed by atoms with E-state index in [0.29, 0.717) is 17.6 Å². The minimum absolute atomic E-state index is 0.334. The minimum Gasteiger partial charge on any atom is -0.299 e. The van der Waals surface area contributed by atoms with Crippen LogP contribution < -0.4 is 0 Å². The molecule has 1 saturated carbocycles. The quantitative estimate of drug-likeness (QED) is 0.616. The Morgan fingerprint density at radius 2 is 1.83 bits per heavy atom. The van der Waals surface area contributed by atoms with Crippen LogP contribution in [0.3, 0.4) is 0 Å². The number of ketones is 1. The van der Waals surface area contributed by atoms with Gasteiger partial charge in [-0.1, -0.05) is 20.8 Å². The summed E-state index contributed by atoms with van der Waals surface area (Å²) >= 11 is 0. The highest BCUT2D eigenvalue weighted by molar-refractivity contribution is 5.83. The van der Waals surface area contributed by atoms with Crippen LogP contribution in [-0.2, 0) is 4.79 Å². The lowest BCUT2D eigenvalue weighted by Gasteiger charge is -2.16. The molecule has 0 aromatic carbocycles. The fourth-order valence-corrected chi connectivity index (χ4v) is 1.89. The van der Waals surface area contributed by atoms with Gasteiger partial charge in [-0.25, -0.2) is 0 Å². The van der Waals surface area contributed by atoms with Gasteiger partial charge in [-0.3, -0.25) is 4.79 Å². The van der Waals surface area contributed by atoms with Gasteiger partial charge in [0.05, 0.1) is 0 Å². The molecule has 0 aromatic heterocycles. The van der Waals surface area contributed by atoms with Crippen LogP contribution in [0.1, 0.15) is 46.5 Å². The number of hydrogen-bond acceptors (Lipinski definition) is 1. The van der Waals surface area contributed by atoms with Gasteiger partial charge in [-0.2, -0.15) is 0 Å². The Hall–Kier alpha value is -0.330. The first-order valence-electron chi connectivity index (χ1n) is 5.24. The molecule has 1 aliphatic rings. The van der Waals surface area contributed by atoms with Crippen molar-refractivity contribution in [1.82, 2.24) is 0 Å². The van der Waals surface area contributed by atoms with E-state index in [2.05, 4.69) is 20.8 Å². The summed E-state index contributed by atoms with van der Waals surface area (Å²) in [6.45, 7) is 6.34. The molecule has 1 atom stereocenters. The zero-order chi connectivity index (χ0) is 9.14. The first-order valence-corrected chi connectivity index (χ1v) is 5.24. The van der Waals surface area contributed by atoms with E-state index in [1.807, 2.05) is 0 Å². The lowest BCUT2D eigenvalue weighted by Crippen LogP contribution is -2.21. The Kier molecular flexibility index (Phi) is 3.30. The van der Waals surface area contributed by atoms with E-state index in [1.54, 1.807) is 0 Å². The van der Waals surface area contributed by atoms with E-state index in [-0.39, 0.29) is 0 Å². The molecule has 0 radical (unpaired) electrons. The fourth-order valence-electron chi connectivity index (χ4n) is 1.89. The lowest BCUT2D eigenvalue weighted by atomic mass is 9.87. The van der Waals surface area contributed by atoms with E-state index in [4.69, 9.17) is 0 Å². The van der Waals surface area contributed by atoms with Crippen LogP contribution in [-0.4, -0.2) is 5.78 Å². The highest BCUT2D eigenvalue weighted by atomic mass is 16.1. The van der Waals surface area contributed by atoms with Crippen molar-refractivity contribution in [3.8, 4) is 0 Å². The zero-order valence-corrected chi connectivity index (χ0v) is 8.47. The monoisotopic (exact) mass is 168 g/mol. The van der Waals surface area contributed by atoms with Crippen LogP contribution in [0.15, 0.2) is 0 Å². The van der Waals surface area contributed by atoms with Crippen LogP contribution in [0, 0.1) is 17.8 Å². The van der Waals surface area contributed by atoms with Gasteiger partial charge in [0.25, 0.3) is 0 Å². The summed E-state index contributed by atoms with van der Waals surface area (Å²) in [6.07, 6.45) is 4.61. The average molecular weight is 168 g/mol. The average Bonchev–Trinajstić information content (AvgIpc) is 2.87. The molecule has 1 nitrogen and oxygen atoms in total. The Morgan fingerprint density at radius 1 is 1.33 bits per heavy atom. The maximum absolute atomic E-state index is 11.8. The predicted octanol–water partition coefficient (Wildman–Crippen LogP) is 3.04. The third kappa shape index (κ3) is 2.09. The standard InChI is InChI=1S/C11H20O/c1-4-9(5-2)11(12)8(3)10-6-7-10/h8-10H,4-7H2,1-3H3. The van der Waals surface area contributed by atoms with E-state index in [9.17, 15) is 4.79 Å². The van der Waals surface area contributed by atoms with Crippen molar-refractivity contribution in [3.63, 3.8) is 0 Å². The van der Waals surface area contributed by atoms with Crippen LogP contribution in [0.2, 0.25) is 0 Å². The molecular weight excluding hydrogens is 148 g/mol. The topological polar surface area (TPSA) is 17.1 Å². The Bertz CT molecular complexity index is 150. The smallest absolute Gasteiger partial charge is 0.139 e. The van der Waals surface area contributed by atoms with Gasteiger partial charge in [0.15, 0.2) is 0 Å². The second kappa shape index (κ2) is 4.06. The number of rotatable bonds is 5. The summed E-state index contributed by atoms with van der Waals surface area (Å²) in [6, 6.07) is 0. The first kappa shape index (κ1) is 9.76. The van der Waals surface area contributed by atoms with Gasteiger partial charge in [0, 0.05) is 11.8 Å². The number of carbonyl (C=O) groups is 1. The SMILES string of the molecule is CCC(CC)C(=O)C(C)C1CC1. The van der Waals surface area contributed by atoms with Gasteiger partial charge in [-0.15, -0.1) is 0 Å². The summed E-state index contributed by atoms with van der Waals surface area (Å²) in [7, 11) is 0. The highest BCUT2D eigenvalue weighted by Gasteiger charge is 2.34. The van der Waals surface area contributed by atoms with Crippen molar-refractivity contribution >= 4 is 5.78 Å². The summed E-state index contributed by atoms with van der Waals surface area (Å²) in [5.41, 5.74) is 0. The zero-order valence-electron chi connectivity index (χ0n) is 8.47. The van der Waals surface area contributed by atoms with Crippen LogP contribution in [0.4, 0.5) is 0 Å². The Morgan fingerprint density at radius 3 is 2.17 bits per heavy atom. The third-order valence-electron chi connectivity index (χ3n) is 3.17. The molecule has 0 aliphatic heterocycles. The molecule has 0 N–H and O–H groups in total. The van der Waals surface area contributed by atoms with Crippen molar-refractivity contribution in [2.24, 2.45) is 17.8 Å². The molecule has 1 aliphatic carbocycles. The molecule has 0 spiro atoms. The molecular formula is C11H20O. The molecule has 1 unspecified atom stereocenters. The number of hydrogen-bond donors (Lipinski definition) is 0. The molecule has 0 amide bonds. The second-order valence-corrected chi connectivity index (χ2v) is 4.04. The number of Topliss-reactive ketones (excluding diaryl/α,β-unsaturated/α-hetero) is 1. The van der Waals surface area contributed by atoms with Crippen molar-refractivity contribution < 1.29 is 4.79 Å². The highest BCUT2D eigenvalue weighted by Crippen LogP contribution is 2.38. The van der Waals surface area contributed by atoms with E-state index in [0.717, 1.165) is 18.8 Å². The summed E-state index contributed by atoms with van der Waals surface area (Å²) in [4.78, 5) is 11.8. The molecule has 0 heterocycles. The number of carbonyl (C=O) groups excluding carboxylic acids is 1. The molecule has 1 heteroatoms. The Balaban J connectivity index is 2.42. The molecule has 1 rings (SSSR count). The normalized spacial score (nSPS) is 19.7. The molecule has 0 saturated heterocycles. The molecule has 1 fully saturated rings. The molecule has 12 heavy (non-hydrogen) atoms. The lowest BCUT2D eigenvalue weighted by molar-refractivity contribution is -0.127. The van der Waals surface area contributed by atoms with Gasteiger partial charge in [-0.05, 0) is 31.6 Å². The van der Waals surface area contributed by atoms with Crippen molar-refractivity contribution in [2.75, 3.05) is 0 Å².